The van der Waals surface area contributed by atoms with Crippen molar-refractivity contribution in [3.05, 3.63) is 36.0 Å². The maximum atomic E-state index is 12.4. The van der Waals surface area contributed by atoms with Crippen LogP contribution in [0, 0.1) is 5.92 Å². The van der Waals surface area contributed by atoms with Crippen LogP contribution in [0.15, 0.2) is 30.3 Å². The van der Waals surface area contributed by atoms with Crippen LogP contribution < -0.4 is 9.47 Å². The average Bonchev–Trinajstić information content (AvgIpc) is 2.91. The Labute approximate surface area is 233 Å². The van der Waals surface area contributed by atoms with Gasteiger partial charge in [0.2, 0.25) is 5.88 Å². The Bertz CT molecular complexity index is 1060. The number of aryl methyl sites for hydroxylation is 1. The number of β-amino-alcohol motifs (C(OH)–C–C–N with tert-alkyl or cyclic N) is 1. The predicted molar refractivity (Wildman–Crippen MR) is 151 cm³/mol. The number of nitrogens with zero attached hydrogens (tertiary/aromatic N) is 3. The molecule has 2 aliphatic rings. The van der Waals surface area contributed by atoms with E-state index in [1.165, 1.54) is 19.3 Å². The Hall–Kier alpha value is -2.87. The lowest BCUT2D eigenvalue weighted by molar-refractivity contribution is -0.0214. The maximum Gasteiger partial charge on any atom is 0.410 e. The molecule has 2 heterocycles. The van der Waals surface area contributed by atoms with Gasteiger partial charge in [-0.15, -0.1) is 5.10 Å². The Kier molecular flexibility index (Phi) is 10.1. The van der Waals surface area contributed by atoms with E-state index in [1.54, 1.807) is 4.90 Å². The third-order valence-corrected chi connectivity index (χ3v) is 7.45. The molecular weight excluding hydrogens is 494 g/mol. The number of carbonyl (C=O) groups is 1. The highest BCUT2D eigenvalue weighted by Gasteiger charge is 2.33. The molecule has 214 valence electrons. The van der Waals surface area contributed by atoms with Crippen LogP contribution in [-0.2, 0) is 11.2 Å². The first kappa shape index (κ1) is 29.1. The number of benzene rings is 1. The van der Waals surface area contributed by atoms with E-state index in [9.17, 15) is 9.90 Å². The van der Waals surface area contributed by atoms with Crippen LogP contribution in [0.1, 0.15) is 84.8 Å². The second-order valence-electron chi connectivity index (χ2n) is 11.9. The molecule has 8 nitrogen and oxygen atoms in total. The summed E-state index contributed by atoms with van der Waals surface area (Å²) >= 11 is 0. The number of amides is 1. The van der Waals surface area contributed by atoms with Crippen LogP contribution in [0.3, 0.4) is 0 Å². The summed E-state index contributed by atoms with van der Waals surface area (Å²) in [4.78, 5) is 13.9. The number of piperidine rings is 1. The highest BCUT2D eigenvalue weighted by molar-refractivity contribution is 5.68. The standard InChI is InChI=1S/C31H45N3O5/c1-5-6-12-27-26(22-13-15-25(16-14-22)38-24-10-8-7-9-11-24)19-29(33-32-27)37-21-23-17-18-34(20-28(23)35)30(36)39-31(2,3)4/h13-16,19,23-24,28,35H,5-12,17-18,20-21H2,1-4H3/t23-,28-/m0/s1. The molecule has 1 aromatic carbocycles. The molecular formula is C31H45N3O5. The summed E-state index contributed by atoms with van der Waals surface area (Å²) in [6, 6.07) is 10.2. The molecule has 0 unspecified atom stereocenters. The number of likely N-dealkylation sites (tertiary alicyclic amines) is 1. The summed E-state index contributed by atoms with van der Waals surface area (Å²) in [7, 11) is 0. The monoisotopic (exact) mass is 539 g/mol. The number of unbranched alkanes of at least 4 members (excludes halogenated alkanes) is 1. The molecule has 1 saturated heterocycles. The smallest absolute Gasteiger partial charge is 0.410 e. The zero-order valence-electron chi connectivity index (χ0n) is 24.0. The van der Waals surface area contributed by atoms with E-state index < -0.39 is 17.8 Å². The second-order valence-corrected chi connectivity index (χ2v) is 11.9. The van der Waals surface area contributed by atoms with Crippen LogP contribution in [-0.4, -0.2) is 63.8 Å². The van der Waals surface area contributed by atoms with E-state index in [4.69, 9.17) is 14.2 Å². The summed E-state index contributed by atoms with van der Waals surface area (Å²) in [5.41, 5.74) is 2.46. The minimum absolute atomic E-state index is 0.107. The topological polar surface area (TPSA) is 94.0 Å². The van der Waals surface area contributed by atoms with Crippen LogP contribution >= 0.6 is 0 Å². The van der Waals surface area contributed by atoms with Crippen molar-refractivity contribution in [3.8, 4) is 22.8 Å². The van der Waals surface area contributed by atoms with Crippen LogP contribution in [0.2, 0.25) is 0 Å². The molecule has 1 aromatic heterocycles. The quantitative estimate of drug-likeness (QED) is 0.406. The lowest BCUT2D eigenvalue weighted by Crippen LogP contribution is -2.49. The summed E-state index contributed by atoms with van der Waals surface area (Å²) in [5, 5.41) is 19.6. The first-order valence-corrected chi connectivity index (χ1v) is 14.6. The molecule has 8 heteroatoms. The number of rotatable bonds is 9. The molecule has 0 bridgehead atoms. The number of carbonyl (C=O) groups excluding carboxylic acids is 1. The molecule has 2 fully saturated rings. The van der Waals surface area contributed by atoms with Gasteiger partial charge in [-0.05, 0) is 83.4 Å². The fraction of sp³-hybridized carbons (Fsp3) is 0.645. The minimum Gasteiger partial charge on any atom is -0.490 e. The lowest BCUT2D eigenvalue weighted by atomic mass is 9.95. The zero-order valence-corrected chi connectivity index (χ0v) is 24.0. The lowest BCUT2D eigenvalue weighted by Gasteiger charge is -2.36. The number of aliphatic hydroxyl groups excluding tert-OH is 1. The van der Waals surface area contributed by atoms with Gasteiger partial charge < -0.3 is 24.2 Å². The maximum absolute atomic E-state index is 12.4. The second kappa shape index (κ2) is 13.5. The van der Waals surface area contributed by atoms with Gasteiger partial charge in [0.05, 0.1) is 31.1 Å². The summed E-state index contributed by atoms with van der Waals surface area (Å²) in [5.74, 6) is 1.24. The summed E-state index contributed by atoms with van der Waals surface area (Å²) < 4.78 is 17.7. The molecule has 1 N–H and O–H groups in total. The number of ether oxygens (including phenoxy) is 3. The van der Waals surface area contributed by atoms with Crippen LogP contribution in [0.4, 0.5) is 4.79 Å². The van der Waals surface area contributed by atoms with Crippen molar-refractivity contribution in [2.75, 3.05) is 19.7 Å². The van der Waals surface area contributed by atoms with Crippen LogP contribution in [0.25, 0.3) is 11.1 Å². The van der Waals surface area contributed by atoms with Crippen molar-refractivity contribution in [1.82, 2.24) is 15.1 Å². The first-order chi connectivity index (χ1) is 18.7. The first-order valence-electron chi connectivity index (χ1n) is 14.6. The molecule has 39 heavy (non-hydrogen) atoms. The molecule has 1 saturated carbocycles. The zero-order chi connectivity index (χ0) is 27.8. The highest BCUT2D eigenvalue weighted by atomic mass is 16.6. The number of hydrogen-bond acceptors (Lipinski definition) is 7. The Morgan fingerprint density at radius 1 is 1.08 bits per heavy atom. The largest absolute Gasteiger partial charge is 0.490 e. The molecule has 0 spiro atoms. The third-order valence-electron chi connectivity index (χ3n) is 7.45. The van der Waals surface area contributed by atoms with Gasteiger partial charge in [-0.25, -0.2) is 4.79 Å². The molecule has 2 atom stereocenters. The molecule has 1 amide bonds. The van der Waals surface area contributed by atoms with Gasteiger partial charge in [0.15, 0.2) is 0 Å². The van der Waals surface area contributed by atoms with Gasteiger partial charge in [0.25, 0.3) is 0 Å². The van der Waals surface area contributed by atoms with Crippen molar-refractivity contribution in [1.29, 1.82) is 0 Å². The van der Waals surface area contributed by atoms with E-state index in [1.807, 2.05) is 39.0 Å². The van der Waals surface area contributed by atoms with Gasteiger partial charge >= 0.3 is 6.09 Å². The van der Waals surface area contributed by atoms with Gasteiger partial charge in [-0.2, -0.15) is 5.10 Å². The Morgan fingerprint density at radius 2 is 1.82 bits per heavy atom. The third kappa shape index (κ3) is 8.56. The fourth-order valence-corrected chi connectivity index (χ4v) is 5.20. The van der Waals surface area contributed by atoms with E-state index in [0.717, 1.165) is 54.7 Å². The molecule has 1 aliphatic carbocycles. The van der Waals surface area contributed by atoms with Gasteiger partial charge in [-0.1, -0.05) is 31.9 Å². The minimum atomic E-state index is -0.695. The van der Waals surface area contributed by atoms with Crippen molar-refractivity contribution in [2.45, 2.75) is 103 Å². The van der Waals surface area contributed by atoms with Gasteiger partial charge in [0, 0.05) is 24.1 Å². The number of hydrogen-bond donors (Lipinski definition) is 1. The van der Waals surface area contributed by atoms with Crippen molar-refractivity contribution >= 4 is 6.09 Å². The van der Waals surface area contributed by atoms with E-state index in [0.29, 0.717) is 31.6 Å². The van der Waals surface area contributed by atoms with E-state index in [2.05, 4.69) is 29.3 Å². The Morgan fingerprint density at radius 3 is 2.49 bits per heavy atom. The summed E-state index contributed by atoms with van der Waals surface area (Å²) in [6.07, 6.45) is 8.87. The molecule has 1 aliphatic heterocycles. The normalized spacial score (nSPS) is 20.5. The van der Waals surface area contributed by atoms with Gasteiger partial charge in [0.1, 0.15) is 11.4 Å². The molecule has 2 aromatic rings. The van der Waals surface area contributed by atoms with E-state index in [-0.39, 0.29) is 12.5 Å². The Balaban J connectivity index is 1.39. The van der Waals surface area contributed by atoms with Crippen LogP contribution in [0.5, 0.6) is 11.6 Å². The average molecular weight is 540 g/mol. The molecule has 0 radical (unpaired) electrons. The van der Waals surface area contributed by atoms with Crippen molar-refractivity contribution in [2.24, 2.45) is 5.92 Å². The number of aromatic nitrogens is 2. The predicted octanol–water partition coefficient (Wildman–Crippen LogP) is 6.19. The van der Waals surface area contributed by atoms with Crippen molar-refractivity contribution in [3.63, 3.8) is 0 Å². The van der Waals surface area contributed by atoms with E-state index >= 15 is 0 Å². The number of aliphatic hydroxyl groups is 1. The highest BCUT2D eigenvalue weighted by Crippen LogP contribution is 2.30. The fourth-order valence-electron chi connectivity index (χ4n) is 5.20. The van der Waals surface area contributed by atoms with Crippen molar-refractivity contribution < 1.29 is 24.1 Å². The summed E-state index contributed by atoms with van der Waals surface area (Å²) in [6.45, 7) is 8.73. The molecule has 4 rings (SSSR count). The van der Waals surface area contributed by atoms with Gasteiger partial charge in [-0.3, -0.25) is 0 Å². The SMILES string of the molecule is CCCCc1nnc(OC[C@@H]2CCN(C(=O)OC(C)(C)C)C[C@@H]2O)cc1-c1ccc(OC2CCCCC2)cc1.